The second kappa shape index (κ2) is 10.7. The molecule has 2 heterocycles. The summed E-state index contributed by atoms with van der Waals surface area (Å²) in [4.78, 5) is 17.9. The lowest BCUT2D eigenvalue weighted by Crippen LogP contribution is -2.35. The van der Waals surface area contributed by atoms with Crippen LogP contribution in [-0.2, 0) is 23.7 Å². The maximum atomic E-state index is 15.1. The van der Waals surface area contributed by atoms with Crippen molar-refractivity contribution in [2.75, 3.05) is 0 Å². The van der Waals surface area contributed by atoms with Crippen molar-refractivity contribution >= 4 is 5.91 Å². The third-order valence-corrected chi connectivity index (χ3v) is 8.32. The van der Waals surface area contributed by atoms with Gasteiger partial charge in [-0.15, -0.1) is 0 Å². The highest BCUT2D eigenvalue weighted by molar-refractivity contribution is 5.77. The van der Waals surface area contributed by atoms with E-state index in [0.717, 1.165) is 36.6 Å². The summed E-state index contributed by atoms with van der Waals surface area (Å²) in [5.41, 5.74) is 0.350. The number of pyridine rings is 1. The first-order chi connectivity index (χ1) is 21.1. The van der Waals surface area contributed by atoms with Crippen LogP contribution in [0.15, 0.2) is 60.8 Å². The maximum Gasteiger partial charge on any atom is 0.293 e. The molecule has 7 rings (SSSR count). The molecular formula is C32H26F6N4O2. The van der Waals surface area contributed by atoms with Gasteiger partial charge in [-0.1, -0.05) is 18.2 Å². The predicted octanol–water partition coefficient (Wildman–Crippen LogP) is 7.01. The molecule has 44 heavy (non-hydrogen) atoms. The lowest BCUT2D eigenvalue weighted by molar-refractivity contribution is -0.123. The number of rotatable bonds is 10. The van der Waals surface area contributed by atoms with Gasteiger partial charge >= 0.3 is 0 Å². The first-order valence-electron chi connectivity index (χ1n) is 14.3. The average molecular weight is 613 g/mol. The van der Waals surface area contributed by atoms with Crippen molar-refractivity contribution in [3.63, 3.8) is 0 Å². The van der Waals surface area contributed by atoms with Gasteiger partial charge in [0.15, 0.2) is 0 Å². The van der Waals surface area contributed by atoms with Crippen LogP contribution in [0.1, 0.15) is 65.9 Å². The molecule has 0 radical (unpaired) electrons. The number of amides is 1. The van der Waals surface area contributed by atoms with Crippen molar-refractivity contribution in [2.24, 2.45) is 5.92 Å². The van der Waals surface area contributed by atoms with Crippen LogP contribution in [0, 0.1) is 17.6 Å². The Hall–Kier alpha value is -4.35. The van der Waals surface area contributed by atoms with E-state index < -0.39 is 65.7 Å². The van der Waals surface area contributed by atoms with Crippen molar-refractivity contribution in [1.29, 1.82) is 0 Å². The van der Waals surface area contributed by atoms with Gasteiger partial charge in [0.2, 0.25) is 5.91 Å². The van der Waals surface area contributed by atoms with Gasteiger partial charge in [0.25, 0.3) is 12.3 Å². The molecule has 0 aliphatic heterocycles. The Bertz CT molecular complexity index is 1720. The van der Waals surface area contributed by atoms with Gasteiger partial charge in [-0.25, -0.2) is 17.6 Å². The van der Waals surface area contributed by atoms with E-state index in [1.165, 1.54) is 6.20 Å². The summed E-state index contributed by atoms with van der Waals surface area (Å²) in [5.74, 6) is -6.90. The summed E-state index contributed by atoms with van der Waals surface area (Å²) in [6, 6.07) is 12.7. The van der Waals surface area contributed by atoms with Crippen molar-refractivity contribution < 1.29 is 35.9 Å². The Morgan fingerprint density at radius 2 is 1.77 bits per heavy atom. The first kappa shape index (κ1) is 28.4. The Balaban J connectivity index is 1.21. The summed E-state index contributed by atoms with van der Waals surface area (Å²) < 4.78 is 92.3. The smallest absolute Gasteiger partial charge is 0.293 e. The molecule has 4 aromatic rings. The summed E-state index contributed by atoms with van der Waals surface area (Å²) >= 11 is 0. The molecule has 6 nitrogen and oxygen atoms in total. The van der Waals surface area contributed by atoms with Crippen molar-refractivity contribution in [2.45, 2.75) is 62.6 Å². The first-order valence-corrected chi connectivity index (χ1v) is 14.3. The van der Waals surface area contributed by atoms with Gasteiger partial charge in [0.1, 0.15) is 35.3 Å². The van der Waals surface area contributed by atoms with Gasteiger partial charge in [0.05, 0.1) is 17.8 Å². The fourth-order valence-electron chi connectivity index (χ4n) is 6.16. The summed E-state index contributed by atoms with van der Waals surface area (Å²) in [6.45, 7) is -0.756. The molecule has 3 atom stereocenters. The molecule has 0 bridgehead atoms. The van der Waals surface area contributed by atoms with E-state index in [1.54, 1.807) is 12.1 Å². The van der Waals surface area contributed by atoms with Gasteiger partial charge in [-0.2, -0.15) is 13.9 Å². The molecule has 2 saturated carbocycles. The van der Waals surface area contributed by atoms with Crippen LogP contribution in [-0.4, -0.2) is 26.8 Å². The van der Waals surface area contributed by atoms with Crippen LogP contribution >= 0.6 is 0 Å². The highest BCUT2D eigenvalue weighted by Crippen LogP contribution is 2.68. The largest absolute Gasteiger partial charge is 0.490 e. The molecule has 0 saturated heterocycles. The van der Waals surface area contributed by atoms with Crippen LogP contribution < -0.4 is 10.1 Å². The average Bonchev–Trinajstić information content (AvgIpc) is 3.89. The number of nitrogens with zero attached hydrogens (tertiary/aromatic N) is 3. The molecule has 3 aliphatic carbocycles. The molecular weight excluding hydrogens is 586 g/mol. The second-order valence-electron chi connectivity index (χ2n) is 11.6. The highest BCUT2D eigenvalue weighted by Gasteiger charge is 2.67. The van der Waals surface area contributed by atoms with E-state index in [2.05, 4.69) is 15.4 Å². The minimum atomic E-state index is -3.39. The van der Waals surface area contributed by atoms with E-state index >= 15 is 8.78 Å². The predicted molar refractivity (Wildman–Crippen MR) is 146 cm³/mol. The van der Waals surface area contributed by atoms with E-state index in [0.29, 0.717) is 21.7 Å². The van der Waals surface area contributed by atoms with E-state index in [-0.39, 0.29) is 30.1 Å². The standard InChI is InChI=1S/C32H26F6N4O2/c33-18-10-16(11-19(34)13-18)12-25(28-22(2-1-9-39-28)17-3-5-20(6-4-17)44-21-7-8-21)40-26(43)15-42-30-27(29(41-42)31(35)36)23-14-24(23)32(30,37)38/h1-6,9-11,13,21,23-25,31H,7-8,12,14-15H2,(H,40,43)/t23?,24?,25-/m0/s1. The van der Waals surface area contributed by atoms with E-state index in [1.807, 2.05) is 24.3 Å². The number of fused-ring (bicyclic) bond motifs is 3. The number of aromatic nitrogens is 3. The number of ether oxygens (including phenoxy) is 1. The zero-order chi connectivity index (χ0) is 30.7. The Labute approximate surface area is 248 Å². The molecule has 2 unspecified atom stereocenters. The molecule has 228 valence electrons. The number of carbonyl (C=O) groups excluding carboxylic acids is 1. The Morgan fingerprint density at radius 3 is 2.45 bits per heavy atom. The highest BCUT2D eigenvalue weighted by atomic mass is 19.3. The van der Waals surface area contributed by atoms with E-state index in [9.17, 15) is 22.4 Å². The molecule has 3 aliphatic rings. The SMILES string of the molecule is O=C(Cn1nc(C(F)F)c2c1C(F)(F)C1CC21)N[C@@H](Cc1cc(F)cc(F)c1)c1ncccc1-c1ccc(OC2CC2)cc1. The number of alkyl halides is 4. The molecule has 2 aromatic carbocycles. The fourth-order valence-corrected chi connectivity index (χ4v) is 6.16. The topological polar surface area (TPSA) is 69.0 Å². The van der Waals surface area contributed by atoms with Crippen LogP contribution in [0.4, 0.5) is 26.3 Å². The molecule has 1 amide bonds. The monoisotopic (exact) mass is 612 g/mol. The molecule has 1 N–H and O–H groups in total. The zero-order valence-corrected chi connectivity index (χ0v) is 23.1. The number of carbonyl (C=O) groups is 1. The number of halogens is 6. The van der Waals surface area contributed by atoms with Crippen LogP contribution in [0.2, 0.25) is 0 Å². The maximum absolute atomic E-state index is 15.1. The normalized spacial score (nSPS) is 20.2. The van der Waals surface area contributed by atoms with Crippen LogP contribution in [0.25, 0.3) is 11.1 Å². The minimum Gasteiger partial charge on any atom is -0.490 e. The third-order valence-electron chi connectivity index (χ3n) is 8.32. The fraction of sp³-hybridized carbons (Fsp3) is 0.344. The molecule has 12 heteroatoms. The van der Waals surface area contributed by atoms with Crippen molar-refractivity contribution in [3.05, 3.63) is 101 Å². The Kier molecular flexibility index (Phi) is 6.89. The molecule has 0 spiro atoms. The lowest BCUT2D eigenvalue weighted by atomic mass is 9.95. The summed E-state index contributed by atoms with van der Waals surface area (Å²) in [7, 11) is 0. The van der Waals surface area contributed by atoms with Gasteiger partial charge in [-0.3, -0.25) is 14.5 Å². The summed E-state index contributed by atoms with van der Waals surface area (Å²) in [5, 5.41) is 6.47. The van der Waals surface area contributed by atoms with E-state index in [4.69, 9.17) is 4.74 Å². The summed E-state index contributed by atoms with van der Waals surface area (Å²) in [6.07, 6.45) is 0.625. The van der Waals surface area contributed by atoms with Gasteiger partial charge in [0, 0.05) is 29.3 Å². The second-order valence-corrected chi connectivity index (χ2v) is 11.6. The number of benzene rings is 2. The minimum absolute atomic E-state index is 0.0972. The van der Waals surface area contributed by atoms with Crippen molar-refractivity contribution in [3.8, 4) is 16.9 Å². The number of hydrogen-bond acceptors (Lipinski definition) is 4. The van der Waals surface area contributed by atoms with Gasteiger partial charge in [-0.05, 0) is 73.1 Å². The van der Waals surface area contributed by atoms with Crippen LogP contribution in [0.3, 0.4) is 0 Å². The molecule has 2 fully saturated rings. The van der Waals surface area contributed by atoms with Crippen molar-refractivity contribution in [1.82, 2.24) is 20.1 Å². The zero-order valence-electron chi connectivity index (χ0n) is 23.1. The lowest BCUT2D eigenvalue weighted by Gasteiger charge is -2.22. The number of hydrogen-bond donors (Lipinski definition) is 1. The van der Waals surface area contributed by atoms with Gasteiger partial charge < -0.3 is 10.1 Å². The molecule has 2 aromatic heterocycles. The third kappa shape index (κ3) is 5.30. The Morgan fingerprint density at radius 1 is 1.05 bits per heavy atom. The van der Waals surface area contributed by atoms with Crippen LogP contribution in [0.5, 0.6) is 5.75 Å². The quantitative estimate of drug-likeness (QED) is 0.196. The number of nitrogens with one attached hydrogen (secondary N) is 1.